The largest absolute Gasteiger partial charge is 0.313 e. The van der Waals surface area contributed by atoms with E-state index in [2.05, 4.69) is 24.1 Å². The van der Waals surface area contributed by atoms with Crippen molar-refractivity contribution in [2.75, 3.05) is 19.6 Å². The first-order valence-corrected chi connectivity index (χ1v) is 6.73. The minimum atomic E-state index is 0.720. The zero-order valence-corrected chi connectivity index (χ0v) is 10.3. The molecule has 1 unspecified atom stereocenters. The van der Waals surface area contributed by atoms with E-state index >= 15 is 0 Å². The van der Waals surface area contributed by atoms with Gasteiger partial charge in [-0.1, -0.05) is 6.92 Å². The molecule has 2 aliphatic rings. The molecule has 88 valence electrons. The summed E-state index contributed by atoms with van der Waals surface area (Å²) in [7, 11) is 0. The van der Waals surface area contributed by atoms with Crippen LogP contribution in [0.15, 0.2) is 0 Å². The van der Waals surface area contributed by atoms with E-state index < -0.39 is 0 Å². The molecular weight excluding hydrogens is 184 g/mol. The van der Waals surface area contributed by atoms with Crippen molar-refractivity contribution < 1.29 is 0 Å². The highest BCUT2D eigenvalue weighted by molar-refractivity contribution is 4.81. The number of nitrogens with one attached hydrogen (secondary N) is 1. The lowest BCUT2D eigenvalue weighted by molar-refractivity contribution is 0.147. The van der Waals surface area contributed by atoms with Crippen LogP contribution in [0.2, 0.25) is 0 Å². The van der Waals surface area contributed by atoms with Crippen LogP contribution in [0.4, 0.5) is 0 Å². The van der Waals surface area contributed by atoms with Crippen molar-refractivity contribution in [1.29, 1.82) is 0 Å². The fourth-order valence-corrected chi connectivity index (χ4v) is 3.00. The maximum atomic E-state index is 3.58. The molecule has 2 rings (SSSR count). The SMILES string of the molecule is CC1CCC(N2CCNC(C)CC2)CC1. The molecule has 1 aliphatic carbocycles. The van der Waals surface area contributed by atoms with Crippen LogP contribution >= 0.6 is 0 Å². The molecule has 1 aliphatic heterocycles. The third kappa shape index (κ3) is 3.18. The van der Waals surface area contributed by atoms with Crippen LogP contribution in [0.5, 0.6) is 0 Å². The topological polar surface area (TPSA) is 15.3 Å². The van der Waals surface area contributed by atoms with Crippen LogP contribution < -0.4 is 5.32 Å². The average Bonchev–Trinajstić information content (AvgIpc) is 2.44. The monoisotopic (exact) mass is 210 g/mol. The quantitative estimate of drug-likeness (QED) is 0.714. The Bertz CT molecular complexity index is 185. The van der Waals surface area contributed by atoms with Crippen LogP contribution in [-0.2, 0) is 0 Å². The summed E-state index contributed by atoms with van der Waals surface area (Å²) in [6, 6.07) is 1.62. The van der Waals surface area contributed by atoms with Gasteiger partial charge in [0.05, 0.1) is 0 Å². The van der Waals surface area contributed by atoms with E-state index in [1.54, 1.807) is 0 Å². The molecule has 2 nitrogen and oxygen atoms in total. The summed E-state index contributed by atoms with van der Waals surface area (Å²) >= 11 is 0. The number of hydrogen-bond acceptors (Lipinski definition) is 2. The van der Waals surface area contributed by atoms with Crippen molar-refractivity contribution in [3.8, 4) is 0 Å². The molecule has 2 fully saturated rings. The van der Waals surface area contributed by atoms with Gasteiger partial charge in [0.15, 0.2) is 0 Å². The summed E-state index contributed by atoms with van der Waals surface area (Å²) in [5, 5.41) is 3.58. The summed E-state index contributed by atoms with van der Waals surface area (Å²) in [5.74, 6) is 0.977. The second-order valence-electron chi connectivity index (χ2n) is 5.59. The molecule has 0 spiro atoms. The summed E-state index contributed by atoms with van der Waals surface area (Å²) in [5.41, 5.74) is 0. The van der Waals surface area contributed by atoms with E-state index in [4.69, 9.17) is 0 Å². The molecule has 0 amide bonds. The van der Waals surface area contributed by atoms with Crippen molar-refractivity contribution >= 4 is 0 Å². The Morgan fingerprint density at radius 3 is 2.40 bits per heavy atom. The molecule has 0 radical (unpaired) electrons. The van der Waals surface area contributed by atoms with Gasteiger partial charge in [-0.3, -0.25) is 4.90 Å². The standard InChI is InChI=1S/C13H26N2/c1-11-3-5-13(6-4-11)15-9-7-12(2)14-8-10-15/h11-14H,3-10H2,1-2H3. The Hall–Kier alpha value is -0.0800. The minimum absolute atomic E-state index is 0.720. The molecular formula is C13H26N2. The first kappa shape index (κ1) is 11.4. The predicted octanol–water partition coefficient (Wildman–Crippen LogP) is 2.25. The third-order valence-corrected chi connectivity index (χ3v) is 4.24. The normalized spacial score (nSPS) is 40.0. The van der Waals surface area contributed by atoms with E-state index in [-0.39, 0.29) is 0 Å². The van der Waals surface area contributed by atoms with Crippen LogP contribution in [0.25, 0.3) is 0 Å². The average molecular weight is 210 g/mol. The van der Waals surface area contributed by atoms with Crippen LogP contribution in [0.3, 0.4) is 0 Å². The highest BCUT2D eigenvalue weighted by atomic mass is 15.2. The van der Waals surface area contributed by atoms with E-state index in [0.29, 0.717) is 0 Å². The Labute approximate surface area is 94.4 Å². The van der Waals surface area contributed by atoms with Gasteiger partial charge in [-0.05, 0) is 51.5 Å². The van der Waals surface area contributed by atoms with Gasteiger partial charge in [0, 0.05) is 25.2 Å². The van der Waals surface area contributed by atoms with Gasteiger partial charge in [-0.15, -0.1) is 0 Å². The molecule has 1 N–H and O–H groups in total. The van der Waals surface area contributed by atoms with Gasteiger partial charge in [-0.25, -0.2) is 0 Å². The fraction of sp³-hybridized carbons (Fsp3) is 1.00. The minimum Gasteiger partial charge on any atom is -0.313 e. The maximum absolute atomic E-state index is 3.58. The van der Waals surface area contributed by atoms with Crippen molar-refractivity contribution in [1.82, 2.24) is 10.2 Å². The van der Waals surface area contributed by atoms with E-state index in [0.717, 1.165) is 18.0 Å². The number of hydrogen-bond donors (Lipinski definition) is 1. The summed E-state index contributed by atoms with van der Waals surface area (Å²) in [6.45, 7) is 8.48. The van der Waals surface area contributed by atoms with Gasteiger partial charge >= 0.3 is 0 Å². The van der Waals surface area contributed by atoms with Crippen molar-refractivity contribution in [3.05, 3.63) is 0 Å². The second-order valence-corrected chi connectivity index (χ2v) is 5.59. The first-order chi connectivity index (χ1) is 7.25. The molecule has 15 heavy (non-hydrogen) atoms. The predicted molar refractivity (Wildman–Crippen MR) is 65.1 cm³/mol. The van der Waals surface area contributed by atoms with Crippen molar-refractivity contribution in [3.63, 3.8) is 0 Å². The van der Waals surface area contributed by atoms with Gasteiger partial charge in [0.1, 0.15) is 0 Å². The van der Waals surface area contributed by atoms with E-state index in [9.17, 15) is 0 Å². The first-order valence-electron chi connectivity index (χ1n) is 6.73. The number of rotatable bonds is 1. The van der Waals surface area contributed by atoms with Crippen LogP contribution in [0, 0.1) is 5.92 Å². The molecule has 2 heteroatoms. The smallest absolute Gasteiger partial charge is 0.0110 e. The molecule has 0 aromatic rings. The Morgan fingerprint density at radius 2 is 1.67 bits per heavy atom. The fourth-order valence-electron chi connectivity index (χ4n) is 3.00. The van der Waals surface area contributed by atoms with Crippen molar-refractivity contribution in [2.45, 2.75) is 58.0 Å². The highest BCUT2D eigenvalue weighted by Crippen LogP contribution is 2.27. The lowest BCUT2D eigenvalue weighted by Gasteiger charge is -2.35. The zero-order valence-electron chi connectivity index (χ0n) is 10.3. The molecule has 0 bridgehead atoms. The van der Waals surface area contributed by atoms with Gasteiger partial charge in [-0.2, -0.15) is 0 Å². The lowest BCUT2D eigenvalue weighted by Crippen LogP contribution is -2.39. The van der Waals surface area contributed by atoms with Gasteiger partial charge in [0.25, 0.3) is 0 Å². The van der Waals surface area contributed by atoms with E-state index in [1.807, 2.05) is 0 Å². The van der Waals surface area contributed by atoms with Gasteiger partial charge in [0.2, 0.25) is 0 Å². The van der Waals surface area contributed by atoms with Crippen LogP contribution in [0.1, 0.15) is 46.0 Å². The molecule has 1 saturated heterocycles. The molecule has 0 aromatic carbocycles. The molecule has 1 saturated carbocycles. The highest BCUT2D eigenvalue weighted by Gasteiger charge is 2.25. The third-order valence-electron chi connectivity index (χ3n) is 4.24. The summed E-state index contributed by atoms with van der Waals surface area (Å²) in [6.07, 6.45) is 7.10. The van der Waals surface area contributed by atoms with Gasteiger partial charge < -0.3 is 5.32 Å². The summed E-state index contributed by atoms with van der Waals surface area (Å²) < 4.78 is 0. The number of nitrogens with zero attached hydrogens (tertiary/aromatic N) is 1. The molecule has 1 atom stereocenters. The second kappa shape index (κ2) is 5.31. The summed E-state index contributed by atoms with van der Waals surface area (Å²) in [4.78, 5) is 2.74. The van der Waals surface area contributed by atoms with Crippen LogP contribution in [-0.4, -0.2) is 36.6 Å². The Morgan fingerprint density at radius 1 is 0.933 bits per heavy atom. The zero-order chi connectivity index (χ0) is 10.7. The molecule has 1 heterocycles. The van der Waals surface area contributed by atoms with Crippen molar-refractivity contribution in [2.24, 2.45) is 5.92 Å². The maximum Gasteiger partial charge on any atom is 0.0110 e. The molecule has 0 aromatic heterocycles. The Kier molecular flexibility index (Phi) is 4.04. The lowest BCUT2D eigenvalue weighted by atomic mass is 9.86. The Balaban J connectivity index is 1.82. The van der Waals surface area contributed by atoms with E-state index in [1.165, 1.54) is 51.7 Å².